The topological polar surface area (TPSA) is 107 Å². The van der Waals surface area contributed by atoms with E-state index in [2.05, 4.69) is 10.2 Å². The van der Waals surface area contributed by atoms with Gasteiger partial charge in [0.25, 0.3) is 5.91 Å². The van der Waals surface area contributed by atoms with Crippen LogP contribution in [0.2, 0.25) is 5.02 Å². The fourth-order valence-corrected chi connectivity index (χ4v) is 3.24. The van der Waals surface area contributed by atoms with Gasteiger partial charge in [0, 0.05) is 29.7 Å². The molecule has 132 valence electrons. The Kier molecular flexibility index (Phi) is 4.94. The van der Waals surface area contributed by atoms with Crippen LogP contribution in [0.1, 0.15) is 40.5 Å². The summed E-state index contributed by atoms with van der Waals surface area (Å²) in [6, 6.07) is 6.19. The summed E-state index contributed by atoms with van der Waals surface area (Å²) in [7, 11) is 0. The van der Waals surface area contributed by atoms with E-state index >= 15 is 0 Å². The predicted molar refractivity (Wildman–Crippen MR) is 90.9 cm³/mol. The van der Waals surface area contributed by atoms with Crippen LogP contribution >= 0.6 is 11.6 Å². The molecule has 0 radical (unpaired) electrons. The molecule has 1 aliphatic heterocycles. The lowest BCUT2D eigenvalue weighted by atomic mass is 9.93. The van der Waals surface area contributed by atoms with Crippen molar-refractivity contribution in [2.24, 2.45) is 0 Å². The van der Waals surface area contributed by atoms with Gasteiger partial charge in [0.15, 0.2) is 0 Å². The van der Waals surface area contributed by atoms with Gasteiger partial charge in [0.1, 0.15) is 5.75 Å². The number of aromatic nitrogens is 2. The molecule has 2 aromatic rings. The summed E-state index contributed by atoms with van der Waals surface area (Å²) >= 11 is 5.91. The highest BCUT2D eigenvalue weighted by Gasteiger charge is 2.27. The lowest BCUT2D eigenvalue weighted by Crippen LogP contribution is -2.38. The summed E-state index contributed by atoms with van der Waals surface area (Å²) in [5.41, 5.74) is 1.60. The van der Waals surface area contributed by atoms with Gasteiger partial charge in [0.2, 0.25) is 0 Å². The van der Waals surface area contributed by atoms with Crippen LogP contribution in [0.5, 0.6) is 5.75 Å². The highest BCUT2D eigenvalue weighted by Crippen LogP contribution is 2.29. The summed E-state index contributed by atoms with van der Waals surface area (Å²) in [6.45, 7) is 1.08. The van der Waals surface area contributed by atoms with Gasteiger partial charge in [-0.05, 0) is 37.1 Å². The van der Waals surface area contributed by atoms with Crippen LogP contribution in [0.25, 0.3) is 0 Å². The fraction of sp³-hybridized carbons (Fsp3) is 0.353. The number of hydrogen-bond donors (Lipinski definition) is 3. The summed E-state index contributed by atoms with van der Waals surface area (Å²) in [5.74, 6) is -1.05. The van der Waals surface area contributed by atoms with Crippen molar-refractivity contribution < 1.29 is 19.8 Å². The lowest BCUT2D eigenvalue weighted by molar-refractivity contribution is -0.136. The van der Waals surface area contributed by atoms with Crippen LogP contribution < -0.4 is 0 Å². The summed E-state index contributed by atoms with van der Waals surface area (Å²) in [4.78, 5) is 25.0. The first kappa shape index (κ1) is 17.3. The van der Waals surface area contributed by atoms with E-state index in [-0.39, 0.29) is 29.6 Å². The number of carboxylic acids is 1. The van der Waals surface area contributed by atoms with Crippen molar-refractivity contribution in [1.82, 2.24) is 15.1 Å². The first-order chi connectivity index (χ1) is 11.9. The average Bonchev–Trinajstić information content (AvgIpc) is 3.04. The molecule has 0 spiro atoms. The van der Waals surface area contributed by atoms with Crippen molar-refractivity contribution in [2.75, 3.05) is 13.1 Å². The standard InChI is InChI=1S/C17H18ClN3O4/c18-11-1-2-15(22)13(7-11)17(25)21-5-3-10(4-6-21)14-8-12(19-20-14)9-16(23)24/h1-2,7-8,10,22H,3-6,9H2,(H,19,20)(H,23,24). The largest absolute Gasteiger partial charge is 0.507 e. The monoisotopic (exact) mass is 363 g/mol. The molecule has 1 saturated heterocycles. The molecule has 0 aliphatic carbocycles. The number of aromatic hydroxyl groups is 1. The lowest BCUT2D eigenvalue weighted by Gasteiger charge is -2.31. The zero-order valence-electron chi connectivity index (χ0n) is 13.4. The van der Waals surface area contributed by atoms with Gasteiger partial charge in [-0.1, -0.05) is 11.6 Å². The molecule has 3 rings (SSSR count). The second-order valence-corrected chi connectivity index (χ2v) is 6.55. The maximum Gasteiger partial charge on any atom is 0.309 e. The Bertz CT molecular complexity index is 797. The Morgan fingerprint density at radius 3 is 2.68 bits per heavy atom. The number of hydrogen-bond acceptors (Lipinski definition) is 4. The molecule has 3 N–H and O–H groups in total. The van der Waals surface area contributed by atoms with Gasteiger partial charge in [0.05, 0.1) is 17.7 Å². The van der Waals surface area contributed by atoms with E-state index in [1.165, 1.54) is 18.2 Å². The van der Waals surface area contributed by atoms with E-state index in [9.17, 15) is 14.7 Å². The van der Waals surface area contributed by atoms with Gasteiger partial charge in [-0.25, -0.2) is 0 Å². The first-order valence-corrected chi connectivity index (χ1v) is 8.35. The molecule has 25 heavy (non-hydrogen) atoms. The second-order valence-electron chi connectivity index (χ2n) is 6.12. The SMILES string of the molecule is O=C(O)Cc1cc(C2CCN(C(=O)c3cc(Cl)ccc3O)CC2)n[nH]1. The molecule has 1 aromatic heterocycles. The van der Waals surface area contributed by atoms with Gasteiger partial charge in [-0.15, -0.1) is 0 Å². The number of likely N-dealkylation sites (tertiary alicyclic amines) is 1. The number of phenolic OH excluding ortho intramolecular Hbond substituents is 1. The quantitative estimate of drug-likeness (QED) is 0.773. The number of benzene rings is 1. The number of carbonyl (C=O) groups is 2. The number of rotatable bonds is 4. The minimum atomic E-state index is -0.906. The van der Waals surface area contributed by atoms with Crippen molar-refractivity contribution >= 4 is 23.5 Å². The molecule has 2 heterocycles. The Hall–Kier alpha value is -2.54. The highest BCUT2D eigenvalue weighted by atomic mass is 35.5. The summed E-state index contributed by atoms with van der Waals surface area (Å²) < 4.78 is 0. The van der Waals surface area contributed by atoms with E-state index < -0.39 is 5.97 Å². The first-order valence-electron chi connectivity index (χ1n) is 7.98. The molecule has 0 bridgehead atoms. The number of piperidine rings is 1. The number of carboxylic acid groups (broad SMARTS) is 1. The molecule has 1 aromatic carbocycles. The highest BCUT2D eigenvalue weighted by molar-refractivity contribution is 6.31. The van der Waals surface area contributed by atoms with Crippen LogP contribution in [-0.4, -0.2) is 50.3 Å². The van der Waals surface area contributed by atoms with E-state index in [0.29, 0.717) is 23.8 Å². The molecule has 1 amide bonds. The second kappa shape index (κ2) is 7.14. The number of carbonyl (C=O) groups excluding carboxylic acids is 1. The zero-order chi connectivity index (χ0) is 18.0. The van der Waals surface area contributed by atoms with Crippen LogP contribution in [0.4, 0.5) is 0 Å². The molecule has 8 heteroatoms. The predicted octanol–water partition coefficient (Wildman–Crippen LogP) is 2.42. The third-order valence-corrected chi connectivity index (χ3v) is 4.62. The number of H-pyrrole nitrogens is 1. The van der Waals surface area contributed by atoms with Crippen LogP contribution in [0.15, 0.2) is 24.3 Å². The van der Waals surface area contributed by atoms with Crippen LogP contribution in [0.3, 0.4) is 0 Å². The molecule has 1 aliphatic rings. The maximum absolute atomic E-state index is 12.6. The van der Waals surface area contributed by atoms with Crippen molar-refractivity contribution in [2.45, 2.75) is 25.2 Å². The van der Waals surface area contributed by atoms with Gasteiger partial charge >= 0.3 is 5.97 Å². The number of aromatic amines is 1. The fourth-order valence-electron chi connectivity index (χ4n) is 3.07. The van der Waals surface area contributed by atoms with E-state index in [4.69, 9.17) is 16.7 Å². The summed E-state index contributed by atoms with van der Waals surface area (Å²) in [6.07, 6.45) is 1.37. The number of nitrogens with zero attached hydrogens (tertiary/aromatic N) is 2. The third-order valence-electron chi connectivity index (χ3n) is 4.38. The van der Waals surface area contributed by atoms with E-state index in [0.717, 1.165) is 18.5 Å². The molecular weight excluding hydrogens is 346 g/mol. The number of phenols is 1. The Morgan fingerprint density at radius 2 is 2.00 bits per heavy atom. The minimum absolute atomic E-state index is 0.0814. The number of aliphatic carboxylic acids is 1. The van der Waals surface area contributed by atoms with Crippen molar-refractivity contribution in [3.63, 3.8) is 0 Å². The Balaban J connectivity index is 1.63. The smallest absolute Gasteiger partial charge is 0.309 e. The molecule has 1 fully saturated rings. The van der Waals surface area contributed by atoms with Gasteiger partial charge in [-0.3, -0.25) is 14.7 Å². The van der Waals surface area contributed by atoms with Gasteiger partial charge in [-0.2, -0.15) is 5.10 Å². The number of nitrogens with one attached hydrogen (secondary N) is 1. The number of halogens is 1. The molecule has 0 saturated carbocycles. The Labute approximate surface area is 149 Å². The minimum Gasteiger partial charge on any atom is -0.507 e. The average molecular weight is 364 g/mol. The molecule has 7 nitrogen and oxygen atoms in total. The van der Waals surface area contributed by atoms with Crippen LogP contribution in [0, 0.1) is 0 Å². The van der Waals surface area contributed by atoms with Crippen molar-refractivity contribution in [1.29, 1.82) is 0 Å². The Morgan fingerprint density at radius 1 is 1.28 bits per heavy atom. The van der Waals surface area contributed by atoms with E-state index in [1.54, 1.807) is 11.0 Å². The maximum atomic E-state index is 12.6. The number of amides is 1. The molecule has 0 atom stereocenters. The van der Waals surface area contributed by atoms with E-state index in [1.807, 2.05) is 0 Å². The molecular formula is C17H18ClN3O4. The van der Waals surface area contributed by atoms with Crippen molar-refractivity contribution in [3.05, 3.63) is 46.2 Å². The normalized spacial score (nSPS) is 15.3. The summed E-state index contributed by atoms with van der Waals surface area (Å²) in [5, 5.41) is 26.0. The zero-order valence-corrected chi connectivity index (χ0v) is 14.2. The van der Waals surface area contributed by atoms with Crippen LogP contribution in [-0.2, 0) is 11.2 Å². The van der Waals surface area contributed by atoms with Gasteiger partial charge < -0.3 is 15.1 Å². The van der Waals surface area contributed by atoms with Crippen molar-refractivity contribution in [3.8, 4) is 5.75 Å². The molecule has 0 unspecified atom stereocenters. The third kappa shape index (κ3) is 3.93.